The zero-order valence-corrected chi connectivity index (χ0v) is 8.94. The van der Waals surface area contributed by atoms with Gasteiger partial charge in [-0.05, 0) is 19.2 Å². The summed E-state index contributed by atoms with van der Waals surface area (Å²) in [4.78, 5) is 4.37. The van der Waals surface area contributed by atoms with Gasteiger partial charge in [0.15, 0.2) is 0 Å². The molecule has 1 saturated heterocycles. The number of rotatable bonds is 3. The van der Waals surface area contributed by atoms with E-state index in [9.17, 15) is 0 Å². The molecule has 2 unspecified atom stereocenters. The predicted molar refractivity (Wildman–Crippen MR) is 58.6 cm³/mol. The molecule has 1 aromatic rings. The molecule has 15 heavy (non-hydrogen) atoms. The second kappa shape index (κ2) is 5.21. The fourth-order valence-electron chi connectivity index (χ4n) is 1.91. The molecule has 0 bridgehead atoms. The lowest BCUT2D eigenvalue weighted by Gasteiger charge is -2.30. The van der Waals surface area contributed by atoms with Crippen molar-refractivity contribution in [2.75, 3.05) is 26.8 Å². The molecule has 0 aliphatic carbocycles. The van der Waals surface area contributed by atoms with Crippen LogP contribution in [0, 0.1) is 0 Å². The molecule has 2 heterocycles. The summed E-state index contributed by atoms with van der Waals surface area (Å²) in [5.74, 6) is 0. The lowest BCUT2D eigenvalue weighted by atomic mass is 10.0. The van der Waals surface area contributed by atoms with Crippen molar-refractivity contribution in [1.82, 2.24) is 15.6 Å². The highest BCUT2D eigenvalue weighted by Gasteiger charge is 2.24. The first kappa shape index (κ1) is 10.5. The van der Waals surface area contributed by atoms with E-state index in [-0.39, 0.29) is 6.04 Å². The molecule has 0 saturated carbocycles. The maximum Gasteiger partial charge on any atom is 0.0671 e. The van der Waals surface area contributed by atoms with Gasteiger partial charge in [0.1, 0.15) is 0 Å². The molecule has 0 spiro atoms. The van der Waals surface area contributed by atoms with Gasteiger partial charge >= 0.3 is 0 Å². The molecule has 0 aromatic carbocycles. The molecule has 2 N–H and O–H groups in total. The second-order valence-electron chi connectivity index (χ2n) is 3.66. The van der Waals surface area contributed by atoms with Gasteiger partial charge in [-0.3, -0.25) is 4.98 Å². The Morgan fingerprint density at radius 1 is 1.60 bits per heavy atom. The van der Waals surface area contributed by atoms with E-state index in [2.05, 4.69) is 15.6 Å². The van der Waals surface area contributed by atoms with Crippen LogP contribution in [0.3, 0.4) is 0 Å². The Morgan fingerprint density at radius 3 is 3.13 bits per heavy atom. The van der Waals surface area contributed by atoms with Gasteiger partial charge in [0.05, 0.1) is 31.0 Å². The van der Waals surface area contributed by atoms with Crippen molar-refractivity contribution in [2.45, 2.75) is 12.1 Å². The van der Waals surface area contributed by atoms with Gasteiger partial charge in [0.25, 0.3) is 0 Å². The lowest BCUT2D eigenvalue weighted by Crippen LogP contribution is -2.48. The minimum atomic E-state index is 0.214. The van der Waals surface area contributed by atoms with E-state index in [0.29, 0.717) is 6.04 Å². The molecule has 1 aliphatic heterocycles. The number of nitrogens with zero attached hydrogens (tertiary/aromatic N) is 1. The zero-order valence-electron chi connectivity index (χ0n) is 8.94. The Morgan fingerprint density at radius 2 is 2.53 bits per heavy atom. The van der Waals surface area contributed by atoms with E-state index in [1.165, 1.54) is 0 Å². The molecule has 1 fully saturated rings. The van der Waals surface area contributed by atoms with E-state index < -0.39 is 0 Å². The molecular formula is C11H17N3O. The summed E-state index contributed by atoms with van der Waals surface area (Å²) < 4.78 is 5.46. The van der Waals surface area contributed by atoms with Gasteiger partial charge in [-0.1, -0.05) is 6.07 Å². The van der Waals surface area contributed by atoms with Crippen LogP contribution in [0.4, 0.5) is 0 Å². The highest BCUT2D eigenvalue weighted by Crippen LogP contribution is 2.15. The van der Waals surface area contributed by atoms with Crippen LogP contribution in [-0.4, -0.2) is 37.8 Å². The number of ether oxygens (including phenoxy) is 1. The molecule has 1 aromatic heterocycles. The van der Waals surface area contributed by atoms with Crippen LogP contribution in [0.1, 0.15) is 11.7 Å². The number of pyridine rings is 1. The van der Waals surface area contributed by atoms with Gasteiger partial charge in [0.2, 0.25) is 0 Å². The Bertz CT molecular complexity index is 285. The van der Waals surface area contributed by atoms with Gasteiger partial charge in [-0.2, -0.15) is 0 Å². The maximum absolute atomic E-state index is 5.46. The smallest absolute Gasteiger partial charge is 0.0671 e. The molecule has 2 atom stereocenters. The number of likely N-dealkylation sites (N-methyl/N-ethyl adjacent to an activating group) is 1. The number of nitrogens with one attached hydrogen (secondary N) is 2. The van der Waals surface area contributed by atoms with Crippen molar-refractivity contribution in [3.63, 3.8) is 0 Å². The Hall–Kier alpha value is -0.970. The van der Waals surface area contributed by atoms with Gasteiger partial charge < -0.3 is 15.4 Å². The Balaban J connectivity index is 2.09. The van der Waals surface area contributed by atoms with Crippen LogP contribution in [0.5, 0.6) is 0 Å². The molecule has 4 nitrogen and oxygen atoms in total. The largest absolute Gasteiger partial charge is 0.378 e. The van der Waals surface area contributed by atoms with Gasteiger partial charge in [-0.25, -0.2) is 0 Å². The van der Waals surface area contributed by atoms with Crippen molar-refractivity contribution in [2.24, 2.45) is 0 Å². The fraction of sp³-hybridized carbons (Fsp3) is 0.545. The summed E-state index contributed by atoms with van der Waals surface area (Å²) in [6.07, 6.45) is 1.82. The summed E-state index contributed by atoms with van der Waals surface area (Å²) in [5, 5.41) is 6.72. The molecule has 82 valence electrons. The summed E-state index contributed by atoms with van der Waals surface area (Å²) in [7, 11) is 1.95. The van der Waals surface area contributed by atoms with Crippen LogP contribution in [-0.2, 0) is 4.74 Å². The number of morpholine rings is 1. The summed E-state index contributed by atoms with van der Waals surface area (Å²) in [5.41, 5.74) is 1.06. The van der Waals surface area contributed by atoms with Crippen molar-refractivity contribution in [3.05, 3.63) is 30.1 Å². The molecule has 4 heteroatoms. The van der Waals surface area contributed by atoms with E-state index in [4.69, 9.17) is 4.74 Å². The SMILES string of the molecule is CNC(c1ccccn1)C1COCCN1. The summed E-state index contributed by atoms with van der Waals surface area (Å²) in [6.45, 7) is 2.45. The van der Waals surface area contributed by atoms with Crippen LogP contribution in [0.2, 0.25) is 0 Å². The van der Waals surface area contributed by atoms with Crippen LogP contribution in [0.25, 0.3) is 0 Å². The highest BCUT2D eigenvalue weighted by molar-refractivity contribution is 5.11. The third kappa shape index (κ3) is 2.53. The third-order valence-electron chi connectivity index (χ3n) is 2.67. The summed E-state index contributed by atoms with van der Waals surface area (Å²) >= 11 is 0. The quantitative estimate of drug-likeness (QED) is 0.750. The van der Waals surface area contributed by atoms with E-state index in [1.807, 2.05) is 31.4 Å². The van der Waals surface area contributed by atoms with E-state index >= 15 is 0 Å². The normalized spacial score (nSPS) is 23.7. The maximum atomic E-state index is 5.46. The monoisotopic (exact) mass is 207 g/mol. The highest BCUT2D eigenvalue weighted by atomic mass is 16.5. The van der Waals surface area contributed by atoms with Crippen molar-refractivity contribution < 1.29 is 4.74 Å². The van der Waals surface area contributed by atoms with E-state index in [1.54, 1.807) is 0 Å². The molecule has 0 radical (unpaired) electrons. The molecule has 1 aliphatic rings. The number of hydrogen-bond acceptors (Lipinski definition) is 4. The van der Waals surface area contributed by atoms with Crippen LogP contribution >= 0.6 is 0 Å². The molecule has 0 amide bonds. The third-order valence-corrected chi connectivity index (χ3v) is 2.67. The predicted octanol–water partition coefficient (Wildman–Crippen LogP) is 0.330. The average molecular weight is 207 g/mol. The topological polar surface area (TPSA) is 46.2 Å². The number of hydrogen-bond donors (Lipinski definition) is 2. The van der Waals surface area contributed by atoms with Crippen molar-refractivity contribution in [3.8, 4) is 0 Å². The van der Waals surface area contributed by atoms with Crippen molar-refractivity contribution >= 4 is 0 Å². The number of aromatic nitrogens is 1. The second-order valence-corrected chi connectivity index (χ2v) is 3.66. The average Bonchev–Trinajstić information content (AvgIpc) is 2.33. The van der Waals surface area contributed by atoms with Crippen molar-refractivity contribution in [1.29, 1.82) is 0 Å². The minimum absolute atomic E-state index is 0.214. The first-order valence-electron chi connectivity index (χ1n) is 5.31. The lowest BCUT2D eigenvalue weighted by molar-refractivity contribution is 0.0640. The Kier molecular flexibility index (Phi) is 3.66. The minimum Gasteiger partial charge on any atom is -0.378 e. The zero-order chi connectivity index (χ0) is 10.5. The fourth-order valence-corrected chi connectivity index (χ4v) is 1.91. The molecular weight excluding hydrogens is 190 g/mol. The van der Waals surface area contributed by atoms with E-state index in [0.717, 1.165) is 25.5 Å². The first-order valence-corrected chi connectivity index (χ1v) is 5.31. The molecule has 2 rings (SSSR count). The first-order chi connectivity index (χ1) is 7.42. The van der Waals surface area contributed by atoms with Crippen LogP contribution < -0.4 is 10.6 Å². The van der Waals surface area contributed by atoms with Crippen LogP contribution in [0.15, 0.2) is 24.4 Å². The van der Waals surface area contributed by atoms with Gasteiger partial charge in [-0.15, -0.1) is 0 Å². The summed E-state index contributed by atoms with van der Waals surface area (Å²) in [6, 6.07) is 6.50. The standard InChI is InChI=1S/C11H17N3O/c1-12-11(9-4-2-3-5-13-9)10-8-15-7-6-14-10/h2-5,10-12,14H,6-8H2,1H3. The van der Waals surface area contributed by atoms with Gasteiger partial charge in [0, 0.05) is 12.7 Å². The Labute approximate surface area is 90.0 Å².